The summed E-state index contributed by atoms with van der Waals surface area (Å²) in [6, 6.07) is 0.195. The molecule has 5 heteroatoms. The smallest absolute Gasteiger partial charge is 0.223 e. The van der Waals surface area contributed by atoms with Crippen LogP contribution in [0.4, 0.5) is 0 Å². The van der Waals surface area contributed by atoms with Gasteiger partial charge in [0.1, 0.15) is 0 Å². The second kappa shape index (κ2) is 7.96. The van der Waals surface area contributed by atoms with Crippen molar-refractivity contribution in [3.05, 3.63) is 0 Å². The number of amides is 1. The van der Waals surface area contributed by atoms with Crippen LogP contribution in [0.3, 0.4) is 0 Å². The quantitative estimate of drug-likeness (QED) is 0.775. The first kappa shape index (κ1) is 15.7. The molecule has 3 atom stereocenters. The molecule has 5 nitrogen and oxygen atoms in total. The van der Waals surface area contributed by atoms with Gasteiger partial charge in [0, 0.05) is 31.6 Å². The Labute approximate surface area is 122 Å². The van der Waals surface area contributed by atoms with E-state index >= 15 is 0 Å². The van der Waals surface area contributed by atoms with Gasteiger partial charge in [-0.15, -0.1) is 0 Å². The second-order valence-electron chi connectivity index (χ2n) is 6.21. The Morgan fingerprint density at radius 3 is 2.75 bits per heavy atom. The van der Waals surface area contributed by atoms with E-state index < -0.39 is 0 Å². The fourth-order valence-electron chi connectivity index (χ4n) is 3.40. The second-order valence-corrected chi connectivity index (χ2v) is 6.21. The molecule has 1 aliphatic heterocycles. The summed E-state index contributed by atoms with van der Waals surface area (Å²) in [5.74, 6) is 0.709. The molecule has 2 aliphatic rings. The van der Waals surface area contributed by atoms with Gasteiger partial charge in [0.05, 0.1) is 13.2 Å². The van der Waals surface area contributed by atoms with Crippen LogP contribution in [0.15, 0.2) is 0 Å². The van der Waals surface area contributed by atoms with Crippen molar-refractivity contribution in [2.75, 3.05) is 39.4 Å². The van der Waals surface area contributed by atoms with Gasteiger partial charge in [-0.25, -0.2) is 0 Å². The van der Waals surface area contributed by atoms with Crippen molar-refractivity contribution in [2.45, 2.75) is 38.6 Å². The average molecular weight is 283 g/mol. The first-order chi connectivity index (χ1) is 9.70. The lowest BCUT2D eigenvalue weighted by atomic mass is 9.78. The van der Waals surface area contributed by atoms with Crippen LogP contribution in [0.25, 0.3) is 0 Å². The van der Waals surface area contributed by atoms with E-state index in [9.17, 15) is 4.79 Å². The minimum absolute atomic E-state index is 0.126. The molecule has 20 heavy (non-hydrogen) atoms. The van der Waals surface area contributed by atoms with Crippen LogP contribution in [0.1, 0.15) is 32.6 Å². The number of nitrogens with zero attached hydrogens (tertiary/aromatic N) is 1. The number of hydrogen-bond acceptors (Lipinski definition) is 4. The maximum Gasteiger partial charge on any atom is 0.223 e. The number of carbonyl (C=O) groups excluding carboxylic acids is 1. The highest BCUT2D eigenvalue weighted by Crippen LogP contribution is 2.29. The zero-order valence-corrected chi connectivity index (χ0v) is 12.6. The zero-order chi connectivity index (χ0) is 14.4. The molecule has 1 aliphatic carbocycles. The first-order valence-corrected chi connectivity index (χ1v) is 8.01. The lowest BCUT2D eigenvalue weighted by Gasteiger charge is -2.32. The summed E-state index contributed by atoms with van der Waals surface area (Å²) in [6.45, 7) is 7.18. The van der Waals surface area contributed by atoms with Gasteiger partial charge in [-0.05, 0) is 32.2 Å². The van der Waals surface area contributed by atoms with Crippen molar-refractivity contribution in [3.8, 4) is 0 Å². The number of nitrogens with two attached hydrogens (primary N) is 1. The summed E-state index contributed by atoms with van der Waals surface area (Å²) in [5, 5.41) is 3.18. The molecule has 0 spiro atoms. The molecule has 2 fully saturated rings. The van der Waals surface area contributed by atoms with Crippen molar-refractivity contribution in [3.63, 3.8) is 0 Å². The Hall–Kier alpha value is -0.650. The molecule has 0 bridgehead atoms. The van der Waals surface area contributed by atoms with Crippen LogP contribution < -0.4 is 11.1 Å². The normalized spacial score (nSPS) is 29.9. The van der Waals surface area contributed by atoms with Gasteiger partial charge in [0.2, 0.25) is 5.91 Å². The molecule has 1 heterocycles. The van der Waals surface area contributed by atoms with Gasteiger partial charge < -0.3 is 15.8 Å². The molecule has 0 aromatic rings. The number of morpholine rings is 1. The Morgan fingerprint density at radius 2 is 2.05 bits per heavy atom. The topological polar surface area (TPSA) is 67.6 Å². The van der Waals surface area contributed by atoms with E-state index in [4.69, 9.17) is 10.5 Å². The molecule has 1 saturated carbocycles. The fraction of sp³-hybridized carbons (Fsp3) is 0.933. The van der Waals surface area contributed by atoms with Crippen molar-refractivity contribution < 1.29 is 9.53 Å². The highest BCUT2D eigenvalue weighted by molar-refractivity contribution is 5.79. The number of hydrogen-bond donors (Lipinski definition) is 2. The fourth-order valence-corrected chi connectivity index (χ4v) is 3.40. The first-order valence-electron chi connectivity index (χ1n) is 8.01. The van der Waals surface area contributed by atoms with Crippen LogP contribution in [0.2, 0.25) is 0 Å². The molecule has 0 aromatic heterocycles. The third kappa shape index (κ3) is 4.43. The number of rotatable bonds is 5. The van der Waals surface area contributed by atoms with Gasteiger partial charge in [-0.3, -0.25) is 9.69 Å². The van der Waals surface area contributed by atoms with Gasteiger partial charge >= 0.3 is 0 Å². The van der Waals surface area contributed by atoms with Crippen LogP contribution >= 0.6 is 0 Å². The average Bonchev–Trinajstić information content (AvgIpc) is 2.48. The third-order valence-corrected chi connectivity index (χ3v) is 4.57. The SMILES string of the molecule is CC(CN1CCOCC1)NC(=O)C1CCCCC1CN. The molecule has 1 saturated heterocycles. The molecular formula is C15H29N3O2. The maximum absolute atomic E-state index is 12.4. The minimum Gasteiger partial charge on any atom is -0.379 e. The van der Waals surface area contributed by atoms with Crippen molar-refractivity contribution in [2.24, 2.45) is 17.6 Å². The van der Waals surface area contributed by atoms with Gasteiger partial charge in [0.25, 0.3) is 0 Å². The molecule has 0 aromatic carbocycles. The largest absolute Gasteiger partial charge is 0.379 e. The van der Waals surface area contributed by atoms with E-state index in [2.05, 4.69) is 17.1 Å². The molecule has 3 N–H and O–H groups in total. The summed E-state index contributed by atoms with van der Waals surface area (Å²) < 4.78 is 5.34. The number of nitrogens with one attached hydrogen (secondary N) is 1. The van der Waals surface area contributed by atoms with E-state index in [0.29, 0.717) is 12.5 Å². The summed E-state index contributed by atoms with van der Waals surface area (Å²) in [7, 11) is 0. The molecule has 1 amide bonds. The molecular weight excluding hydrogens is 254 g/mol. The predicted octanol–water partition coefficient (Wildman–Crippen LogP) is 0.588. The summed E-state index contributed by atoms with van der Waals surface area (Å²) in [5.41, 5.74) is 5.81. The minimum atomic E-state index is 0.126. The van der Waals surface area contributed by atoms with E-state index in [1.54, 1.807) is 0 Å². The van der Waals surface area contributed by atoms with Crippen LogP contribution in [-0.2, 0) is 9.53 Å². The monoisotopic (exact) mass is 283 g/mol. The maximum atomic E-state index is 12.4. The van der Waals surface area contributed by atoms with Crippen LogP contribution in [0, 0.1) is 11.8 Å². The Balaban J connectivity index is 1.77. The molecule has 2 rings (SSSR count). The Bertz CT molecular complexity index is 305. The standard InChI is InChI=1S/C15H29N3O2/c1-12(11-18-6-8-20-9-7-18)17-15(19)14-5-3-2-4-13(14)10-16/h12-14H,2-11,16H2,1H3,(H,17,19). The van der Waals surface area contributed by atoms with E-state index in [-0.39, 0.29) is 17.9 Å². The van der Waals surface area contributed by atoms with Crippen molar-refractivity contribution in [1.82, 2.24) is 10.2 Å². The van der Waals surface area contributed by atoms with E-state index in [1.165, 1.54) is 6.42 Å². The van der Waals surface area contributed by atoms with Crippen LogP contribution in [-0.4, -0.2) is 56.2 Å². The highest BCUT2D eigenvalue weighted by Gasteiger charge is 2.30. The van der Waals surface area contributed by atoms with E-state index in [0.717, 1.165) is 52.1 Å². The van der Waals surface area contributed by atoms with Gasteiger partial charge in [-0.2, -0.15) is 0 Å². The molecule has 3 unspecified atom stereocenters. The zero-order valence-electron chi connectivity index (χ0n) is 12.6. The van der Waals surface area contributed by atoms with Crippen molar-refractivity contribution in [1.29, 1.82) is 0 Å². The lowest BCUT2D eigenvalue weighted by Crippen LogP contribution is -2.48. The summed E-state index contributed by atoms with van der Waals surface area (Å²) >= 11 is 0. The molecule has 116 valence electrons. The Kier molecular flexibility index (Phi) is 6.26. The van der Waals surface area contributed by atoms with Gasteiger partial charge in [-0.1, -0.05) is 12.8 Å². The number of carbonyl (C=O) groups is 1. The predicted molar refractivity (Wildman–Crippen MR) is 79.4 cm³/mol. The van der Waals surface area contributed by atoms with Crippen molar-refractivity contribution >= 4 is 5.91 Å². The third-order valence-electron chi connectivity index (χ3n) is 4.57. The number of ether oxygens (including phenoxy) is 1. The van der Waals surface area contributed by atoms with Crippen LogP contribution in [0.5, 0.6) is 0 Å². The summed E-state index contributed by atoms with van der Waals surface area (Å²) in [4.78, 5) is 14.8. The summed E-state index contributed by atoms with van der Waals surface area (Å²) in [6.07, 6.45) is 4.48. The van der Waals surface area contributed by atoms with E-state index in [1.807, 2.05) is 0 Å². The molecule has 0 radical (unpaired) electrons. The Morgan fingerprint density at radius 1 is 1.35 bits per heavy atom. The lowest BCUT2D eigenvalue weighted by molar-refractivity contribution is -0.128. The van der Waals surface area contributed by atoms with Gasteiger partial charge in [0.15, 0.2) is 0 Å². The highest BCUT2D eigenvalue weighted by atomic mass is 16.5.